The van der Waals surface area contributed by atoms with E-state index < -0.39 is 0 Å². The highest BCUT2D eigenvalue weighted by Gasteiger charge is 2.40. The van der Waals surface area contributed by atoms with Gasteiger partial charge in [-0.3, -0.25) is 15.0 Å². The van der Waals surface area contributed by atoms with Crippen LogP contribution in [0.5, 0.6) is 0 Å². The van der Waals surface area contributed by atoms with Crippen molar-refractivity contribution in [2.24, 2.45) is 0 Å². The number of aromatic nitrogens is 4. The fourth-order valence-corrected chi connectivity index (χ4v) is 5.02. The van der Waals surface area contributed by atoms with Gasteiger partial charge in [0.15, 0.2) is 5.82 Å². The number of rotatable bonds is 7. The molecule has 0 aliphatic carbocycles. The molecule has 0 amide bonds. The molecule has 160 valence electrons. The molecule has 0 aromatic carbocycles. The Hall–Kier alpha value is -3.22. The summed E-state index contributed by atoms with van der Waals surface area (Å²) in [5.74, 6) is 2.07. The zero-order chi connectivity index (χ0) is 21.2. The second kappa shape index (κ2) is 8.49. The second-order valence-electron chi connectivity index (χ2n) is 8.33. The van der Waals surface area contributed by atoms with E-state index in [1.165, 1.54) is 12.8 Å². The molecule has 2 saturated heterocycles. The summed E-state index contributed by atoms with van der Waals surface area (Å²) < 4.78 is 0. The summed E-state index contributed by atoms with van der Waals surface area (Å²) in [7, 11) is 0. The van der Waals surface area contributed by atoms with Gasteiger partial charge in [0.25, 0.3) is 0 Å². The van der Waals surface area contributed by atoms with E-state index >= 15 is 0 Å². The lowest BCUT2D eigenvalue weighted by Crippen LogP contribution is -2.47. The summed E-state index contributed by atoms with van der Waals surface area (Å²) in [5, 5.41) is 33.0. The zero-order valence-electron chi connectivity index (χ0n) is 17.3. The molecule has 1 unspecified atom stereocenters. The van der Waals surface area contributed by atoms with Crippen LogP contribution in [0.4, 0.5) is 17.5 Å². The normalized spacial score (nSPS) is 23.0. The van der Waals surface area contributed by atoms with E-state index in [-0.39, 0.29) is 6.61 Å². The maximum Gasteiger partial charge on any atom is 0.153 e. The lowest BCUT2D eigenvalue weighted by atomic mass is 9.97. The molecule has 2 fully saturated rings. The van der Waals surface area contributed by atoms with E-state index in [1.54, 1.807) is 12.3 Å². The Kier molecular flexibility index (Phi) is 5.40. The fourth-order valence-electron chi connectivity index (χ4n) is 5.02. The number of nitrogens with one attached hydrogen (secondary N) is 3. The molecule has 2 aliphatic rings. The van der Waals surface area contributed by atoms with E-state index in [0.717, 1.165) is 36.1 Å². The molecule has 0 spiro atoms. The SMILES string of the molecule is N#CCCN1[C@@H]2CC[C@H]1CC(Nc1nc(Nc3cc(CO)[nH]n3)cc3ncccc13)C2. The van der Waals surface area contributed by atoms with Crippen LogP contribution in [0.25, 0.3) is 10.9 Å². The smallest absolute Gasteiger partial charge is 0.153 e. The van der Waals surface area contributed by atoms with Crippen molar-refractivity contribution >= 4 is 28.4 Å². The second-order valence-corrected chi connectivity index (χ2v) is 8.33. The summed E-state index contributed by atoms with van der Waals surface area (Å²) in [4.78, 5) is 11.9. The molecule has 2 aliphatic heterocycles. The van der Waals surface area contributed by atoms with Crippen molar-refractivity contribution < 1.29 is 5.11 Å². The van der Waals surface area contributed by atoms with Crippen molar-refractivity contribution in [2.75, 3.05) is 17.2 Å². The van der Waals surface area contributed by atoms with E-state index in [2.05, 4.69) is 36.8 Å². The summed E-state index contributed by atoms with van der Waals surface area (Å²) >= 11 is 0. The highest BCUT2D eigenvalue weighted by Crippen LogP contribution is 2.37. The highest BCUT2D eigenvalue weighted by molar-refractivity contribution is 5.91. The predicted molar refractivity (Wildman–Crippen MR) is 118 cm³/mol. The number of aliphatic hydroxyl groups is 1. The van der Waals surface area contributed by atoms with Gasteiger partial charge in [-0.25, -0.2) is 4.98 Å². The average molecular weight is 419 g/mol. The Bertz CT molecular complexity index is 1090. The van der Waals surface area contributed by atoms with Crippen LogP contribution in [0.1, 0.15) is 37.8 Å². The van der Waals surface area contributed by atoms with Gasteiger partial charge in [0.2, 0.25) is 0 Å². The maximum atomic E-state index is 9.25. The number of piperidine rings is 1. The van der Waals surface area contributed by atoms with Crippen LogP contribution in [0.2, 0.25) is 0 Å². The molecule has 0 radical (unpaired) electrons. The first kappa shape index (κ1) is 19.7. The molecule has 3 aromatic rings. The number of fused-ring (bicyclic) bond motifs is 3. The van der Waals surface area contributed by atoms with Gasteiger partial charge in [-0.2, -0.15) is 10.4 Å². The molecule has 9 heteroatoms. The molecule has 9 nitrogen and oxygen atoms in total. The van der Waals surface area contributed by atoms with Crippen molar-refractivity contribution in [3.05, 3.63) is 36.2 Å². The standard InChI is InChI=1S/C22H26N8O/c23-6-2-8-30-16-4-5-17(30)10-14(9-16)25-22-18-3-1-7-24-19(18)12-20(27-22)26-21-11-15(13-31)28-29-21/h1,3,7,11-12,14,16-17,31H,2,4-5,8-10,13H2,(H3,25,26,27,28,29)/t14?,16-,17+. The summed E-state index contributed by atoms with van der Waals surface area (Å²) in [6.45, 7) is 0.784. The Labute approximate surface area is 180 Å². The number of nitrogens with zero attached hydrogens (tertiary/aromatic N) is 5. The van der Waals surface area contributed by atoms with Gasteiger partial charge in [-0.1, -0.05) is 0 Å². The minimum absolute atomic E-state index is 0.0937. The molecule has 3 aromatic heterocycles. The van der Waals surface area contributed by atoms with Crippen molar-refractivity contribution in [1.82, 2.24) is 25.1 Å². The Morgan fingerprint density at radius 3 is 2.81 bits per heavy atom. The first-order chi connectivity index (χ1) is 15.2. The number of hydrogen-bond acceptors (Lipinski definition) is 8. The molecular formula is C22H26N8O. The van der Waals surface area contributed by atoms with Crippen LogP contribution in [-0.2, 0) is 6.61 Å². The first-order valence-electron chi connectivity index (χ1n) is 10.8. The van der Waals surface area contributed by atoms with Gasteiger partial charge in [-0.05, 0) is 37.8 Å². The Balaban J connectivity index is 1.37. The minimum Gasteiger partial charge on any atom is -0.390 e. The van der Waals surface area contributed by atoms with Gasteiger partial charge >= 0.3 is 0 Å². The lowest BCUT2D eigenvalue weighted by Gasteiger charge is -2.39. The van der Waals surface area contributed by atoms with Crippen LogP contribution in [-0.4, -0.2) is 54.8 Å². The number of hydrogen-bond donors (Lipinski definition) is 4. The number of pyridine rings is 2. The maximum absolute atomic E-state index is 9.25. The molecule has 0 saturated carbocycles. The van der Waals surface area contributed by atoms with Crippen LogP contribution in [0.15, 0.2) is 30.5 Å². The van der Waals surface area contributed by atoms with Crippen LogP contribution >= 0.6 is 0 Å². The van der Waals surface area contributed by atoms with E-state index in [0.29, 0.717) is 41.9 Å². The van der Waals surface area contributed by atoms with Crippen LogP contribution < -0.4 is 10.6 Å². The summed E-state index contributed by atoms with van der Waals surface area (Å²) in [6, 6.07) is 11.3. The molecule has 3 atom stereocenters. The number of H-pyrrole nitrogens is 1. The number of aromatic amines is 1. The third kappa shape index (κ3) is 4.04. The van der Waals surface area contributed by atoms with Crippen LogP contribution in [0, 0.1) is 11.3 Å². The Morgan fingerprint density at radius 1 is 1.23 bits per heavy atom. The largest absolute Gasteiger partial charge is 0.390 e. The lowest BCUT2D eigenvalue weighted by molar-refractivity contribution is 0.136. The Morgan fingerprint density at radius 2 is 2.06 bits per heavy atom. The zero-order valence-corrected chi connectivity index (χ0v) is 17.3. The number of anilines is 3. The van der Waals surface area contributed by atoms with Gasteiger partial charge in [0.05, 0.1) is 23.9 Å². The third-order valence-corrected chi connectivity index (χ3v) is 6.36. The van der Waals surface area contributed by atoms with Crippen molar-refractivity contribution in [2.45, 2.75) is 56.8 Å². The van der Waals surface area contributed by atoms with E-state index in [9.17, 15) is 5.11 Å². The predicted octanol–water partition coefficient (Wildman–Crippen LogP) is 2.91. The van der Waals surface area contributed by atoms with E-state index in [1.807, 2.05) is 18.2 Å². The van der Waals surface area contributed by atoms with Crippen LogP contribution in [0.3, 0.4) is 0 Å². The van der Waals surface area contributed by atoms with E-state index in [4.69, 9.17) is 10.2 Å². The van der Waals surface area contributed by atoms with Gasteiger partial charge in [0, 0.05) is 54.8 Å². The molecule has 2 bridgehead atoms. The minimum atomic E-state index is -0.0937. The third-order valence-electron chi connectivity index (χ3n) is 6.36. The van der Waals surface area contributed by atoms with Crippen molar-refractivity contribution in [3.8, 4) is 6.07 Å². The molecule has 5 heterocycles. The fraction of sp³-hybridized carbons (Fsp3) is 0.455. The summed E-state index contributed by atoms with van der Waals surface area (Å²) in [6.07, 6.45) is 6.91. The first-order valence-corrected chi connectivity index (χ1v) is 10.8. The van der Waals surface area contributed by atoms with Gasteiger partial charge < -0.3 is 15.7 Å². The monoisotopic (exact) mass is 418 g/mol. The van der Waals surface area contributed by atoms with Crippen molar-refractivity contribution in [3.63, 3.8) is 0 Å². The highest BCUT2D eigenvalue weighted by atomic mass is 16.3. The van der Waals surface area contributed by atoms with Crippen molar-refractivity contribution in [1.29, 1.82) is 5.26 Å². The molecule has 5 rings (SSSR count). The number of nitriles is 1. The topological polar surface area (TPSA) is 126 Å². The van der Waals surface area contributed by atoms with Gasteiger partial charge in [-0.15, -0.1) is 0 Å². The molecular weight excluding hydrogens is 392 g/mol. The van der Waals surface area contributed by atoms with Gasteiger partial charge in [0.1, 0.15) is 11.6 Å². The summed E-state index contributed by atoms with van der Waals surface area (Å²) in [5.41, 5.74) is 1.49. The average Bonchev–Trinajstić information content (AvgIpc) is 3.33. The quantitative estimate of drug-likeness (QED) is 0.461. The molecule has 4 N–H and O–H groups in total. The molecule has 31 heavy (non-hydrogen) atoms. The number of aliphatic hydroxyl groups excluding tert-OH is 1.